The summed E-state index contributed by atoms with van der Waals surface area (Å²) in [6.45, 7) is 4.25. The highest BCUT2D eigenvalue weighted by molar-refractivity contribution is 5.27. The van der Waals surface area contributed by atoms with E-state index in [1.54, 1.807) is 0 Å². The van der Waals surface area contributed by atoms with Gasteiger partial charge in [0.15, 0.2) is 0 Å². The molecule has 0 aliphatic rings. The highest BCUT2D eigenvalue weighted by atomic mass is 19.1. The van der Waals surface area contributed by atoms with Crippen LogP contribution in [0.3, 0.4) is 0 Å². The molecule has 0 radical (unpaired) electrons. The molecule has 0 saturated carbocycles. The Hall–Kier alpha value is -1.91. The van der Waals surface area contributed by atoms with Gasteiger partial charge in [0, 0.05) is 19.1 Å². The Morgan fingerprint density at radius 2 is 1.70 bits per heavy atom. The van der Waals surface area contributed by atoms with Crippen molar-refractivity contribution in [2.75, 3.05) is 27.2 Å². The topological polar surface area (TPSA) is 24.5 Å². The maximum Gasteiger partial charge on any atom is 0.123 e. The molecule has 3 nitrogen and oxygen atoms in total. The third-order valence-corrected chi connectivity index (χ3v) is 3.78. The zero-order valence-electron chi connectivity index (χ0n) is 14.1. The van der Waals surface area contributed by atoms with Gasteiger partial charge in [-0.3, -0.25) is 0 Å². The third-order valence-electron chi connectivity index (χ3n) is 3.78. The van der Waals surface area contributed by atoms with Crippen molar-refractivity contribution in [3.8, 4) is 5.75 Å². The summed E-state index contributed by atoms with van der Waals surface area (Å²) in [4.78, 5) is 2.14. The van der Waals surface area contributed by atoms with Crippen LogP contribution in [-0.4, -0.2) is 32.1 Å². The average Bonchev–Trinajstić information content (AvgIpc) is 2.54. The van der Waals surface area contributed by atoms with Crippen molar-refractivity contribution in [2.24, 2.45) is 0 Å². The van der Waals surface area contributed by atoms with Gasteiger partial charge in [-0.2, -0.15) is 0 Å². The molecule has 0 spiro atoms. The fourth-order valence-corrected chi connectivity index (χ4v) is 2.51. The van der Waals surface area contributed by atoms with Crippen molar-refractivity contribution in [3.05, 3.63) is 65.5 Å². The summed E-state index contributed by atoms with van der Waals surface area (Å²) in [5.74, 6) is 0.697. The van der Waals surface area contributed by atoms with Crippen LogP contribution in [-0.2, 0) is 6.54 Å². The summed E-state index contributed by atoms with van der Waals surface area (Å²) in [6, 6.07) is 15.0. The van der Waals surface area contributed by atoms with Gasteiger partial charge in [0.2, 0.25) is 0 Å². The van der Waals surface area contributed by atoms with Crippen LogP contribution in [0.2, 0.25) is 0 Å². The first-order valence-corrected chi connectivity index (χ1v) is 7.94. The van der Waals surface area contributed by atoms with Crippen LogP contribution in [0.15, 0.2) is 48.5 Å². The van der Waals surface area contributed by atoms with Crippen LogP contribution >= 0.6 is 0 Å². The van der Waals surface area contributed by atoms with Crippen molar-refractivity contribution < 1.29 is 9.13 Å². The molecule has 0 aliphatic heterocycles. The number of rotatable bonds is 8. The predicted octanol–water partition coefficient (Wildman–Crippen LogP) is 3.62. The maximum atomic E-state index is 13.1. The summed E-state index contributed by atoms with van der Waals surface area (Å²) < 4.78 is 18.5. The van der Waals surface area contributed by atoms with Crippen molar-refractivity contribution in [3.63, 3.8) is 0 Å². The SMILES string of the molecule is CCOc1ccc(CNCC(c2ccc(F)cc2)N(C)C)cc1. The Labute approximate surface area is 138 Å². The Morgan fingerprint density at radius 3 is 2.26 bits per heavy atom. The number of hydrogen-bond donors (Lipinski definition) is 1. The molecular formula is C19H25FN2O. The zero-order chi connectivity index (χ0) is 16.7. The quantitative estimate of drug-likeness (QED) is 0.805. The maximum absolute atomic E-state index is 13.1. The lowest BCUT2D eigenvalue weighted by Crippen LogP contribution is -2.30. The third kappa shape index (κ3) is 5.34. The minimum absolute atomic E-state index is 0.200. The highest BCUT2D eigenvalue weighted by Crippen LogP contribution is 2.18. The van der Waals surface area contributed by atoms with Gasteiger partial charge in [-0.25, -0.2) is 4.39 Å². The van der Waals surface area contributed by atoms with E-state index in [4.69, 9.17) is 4.74 Å². The molecule has 1 atom stereocenters. The van der Waals surface area contributed by atoms with E-state index in [9.17, 15) is 4.39 Å². The molecule has 0 bridgehead atoms. The number of hydrogen-bond acceptors (Lipinski definition) is 3. The normalized spacial score (nSPS) is 12.4. The molecule has 0 aliphatic carbocycles. The number of benzene rings is 2. The Balaban J connectivity index is 1.90. The Morgan fingerprint density at radius 1 is 1.04 bits per heavy atom. The Kier molecular flexibility index (Phi) is 6.56. The molecule has 2 aromatic rings. The molecule has 23 heavy (non-hydrogen) atoms. The second-order valence-corrected chi connectivity index (χ2v) is 5.74. The molecule has 0 amide bonds. The molecule has 0 saturated heterocycles. The molecule has 0 heterocycles. The molecule has 4 heteroatoms. The minimum atomic E-state index is -0.200. The van der Waals surface area contributed by atoms with Crippen molar-refractivity contribution in [2.45, 2.75) is 19.5 Å². The van der Waals surface area contributed by atoms with Crippen molar-refractivity contribution in [1.29, 1.82) is 0 Å². The summed E-state index contributed by atoms with van der Waals surface area (Å²) >= 11 is 0. The van der Waals surface area contributed by atoms with Gasteiger partial charge >= 0.3 is 0 Å². The van der Waals surface area contributed by atoms with E-state index in [-0.39, 0.29) is 11.9 Å². The zero-order valence-corrected chi connectivity index (χ0v) is 14.1. The summed E-state index contributed by atoms with van der Waals surface area (Å²) in [6.07, 6.45) is 0. The van der Waals surface area contributed by atoms with Gasteiger partial charge in [0.1, 0.15) is 11.6 Å². The number of nitrogens with zero attached hydrogens (tertiary/aromatic N) is 1. The average molecular weight is 316 g/mol. The molecule has 1 unspecified atom stereocenters. The van der Waals surface area contributed by atoms with Crippen molar-refractivity contribution >= 4 is 0 Å². The van der Waals surface area contributed by atoms with E-state index in [1.165, 1.54) is 17.7 Å². The molecule has 2 rings (SSSR count). The van der Waals surface area contributed by atoms with Crippen LogP contribution in [0.25, 0.3) is 0 Å². The first-order valence-electron chi connectivity index (χ1n) is 7.94. The fraction of sp³-hybridized carbons (Fsp3) is 0.368. The van der Waals surface area contributed by atoms with E-state index in [1.807, 2.05) is 45.3 Å². The molecular weight excluding hydrogens is 291 g/mol. The van der Waals surface area contributed by atoms with Gasteiger partial charge in [0.05, 0.1) is 6.61 Å². The van der Waals surface area contributed by atoms with Crippen LogP contribution in [0.1, 0.15) is 24.1 Å². The van der Waals surface area contributed by atoms with E-state index in [0.717, 1.165) is 24.4 Å². The van der Waals surface area contributed by atoms with Gasteiger partial charge in [-0.1, -0.05) is 24.3 Å². The van der Waals surface area contributed by atoms with E-state index < -0.39 is 0 Å². The molecule has 1 N–H and O–H groups in total. The van der Waals surface area contributed by atoms with Crippen LogP contribution in [0.5, 0.6) is 5.75 Å². The molecule has 124 valence electrons. The molecule has 0 aromatic heterocycles. The minimum Gasteiger partial charge on any atom is -0.494 e. The number of likely N-dealkylation sites (N-methyl/N-ethyl adjacent to an activating group) is 1. The molecule has 0 fully saturated rings. The van der Waals surface area contributed by atoms with Crippen LogP contribution < -0.4 is 10.1 Å². The summed E-state index contributed by atoms with van der Waals surface area (Å²) in [5.41, 5.74) is 2.32. The first kappa shape index (κ1) is 17.4. The van der Waals surface area contributed by atoms with Crippen LogP contribution in [0, 0.1) is 5.82 Å². The standard InChI is InChI=1S/C19H25FN2O/c1-4-23-18-11-5-15(6-12-18)13-21-14-19(22(2)3)16-7-9-17(20)10-8-16/h5-12,19,21H,4,13-14H2,1-3H3. The van der Waals surface area contributed by atoms with Crippen molar-refractivity contribution in [1.82, 2.24) is 10.2 Å². The largest absolute Gasteiger partial charge is 0.494 e. The van der Waals surface area contributed by atoms with Gasteiger partial charge < -0.3 is 15.0 Å². The Bertz CT molecular complexity index is 581. The van der Waals surface area contributed by atoms with E-state index in [2.05, 4.69) is 22.3 Å². The second kappa shape index (κ2) is 8.65. The second-order valence-electron chi connectivity index (χ2n) is 5.74. The number of nitrogens with one attached hydrogen (secondary N) is 1. The lowest BCUT2D eigenvalue weighted by Gasteiger charge is -2.25. The lowest BCUT2D eigenvalue weighted by atomic mass is 10.1. The smallest absolute Gasteiger partial charge is 0.123 e. The number of ether oxygens (including phenoxy) is 1. The van der Waals surface area contributed by atoms with Crippen LogP contribution in [0.4, 0.5) is 4.39 Å². The lowest BCUT2D eigenvalue weighted by molar-refractivity contribution is 0.288. The summed E-state index contributed by atoms with van der Waals surface area (Å²) in [5, 5.41) is 3.47. The highest BCUT2D eigenvalue weighted by Gasteiger charge is 2.13. The summed E-state index contributed by atoms with van der Waals surface area (Å²) in [7, 11) is 4.07. The van der Waals surface area contributed by atoms with E-state index in [0.29, 0.717) is 6.61 Å². The van der Waals surface area contributed by atoms with E-state index >= 15 is 0 Å². The number of halogens is 1. The predicted molar refractivity (Wildman–Crippen MR) is 92.1 cm³/mol. The van der Waals surface area contributed by atoms with Gasteiger partial charge in [-0.05, 0) is 56.4 Å². The van der Waals surface area contributed by atoms with Gasteiger partial charge in [0.25, 0.3) is 0 Å². The first-order chi connectivity index (χ1) is 11.1. The fourth-order valence-electron chi connectivity index (χ4n) is 2.51. The van der Waals surface area contributed by atoms with Gasteiger partial charge in [-0.15, -0.1) is 0 Å². The monoisotopic (exact) mass is 316 g/mol. The molecule has 2 aromatic carbocycles.